The molecule has 0 saturated heterocycles. The number of hydrogen-bond donors (Lipinski definition) is 1. The lowest BCUT2D eigenvalue weighted by atomic mass is 10.1. The third-order valence-corrected chi connectivity index (χ3v) is 2.42. The molecule has 0 aliphatic heterocycles. The van der Waals surface area contributed by atoms with Crippen molar-refractivity contribution in [2.45, 2.75) is 19.4 Å². The van der Waals surface area contributed by atoms with Gasteiger partial charge < -0.3 is 10.1 Å². The van der Waals surface area contributed by atoms with E-state index in [2.05, 4.69) is 29.1 Å². The summed E-state index contributed by atoms with van der Waals surface area (Å²) in [4.78, 5) is 10.9. The first-order valence-electron chi connectivity index (χ1n) is 5.19. The highest BCUT2D eigenvalue weighted by molar-refractivity contribution is 5.69. The standard InChI is InChI=1S/C12H17NO2/c1-10(11-6-4-3-5-7-11)13-9-8-12(14)15-2/h3-7,10,13H,8-9H2,1-2H3/p+1/t10-/m1/s1. The summed E-state index contributed by atoms with van der Waals surface area (Å²) in [7, 11) is 1.42. The Balaban J connectivity index is 2.31. The van der Waals surface area contributed by atoms with Gasteiger partial charge in [0.15, 0.2) is 0 Å². The smallest absolute Gasteiger partial charge is 0.311 e. The van der Waals surface area contributed by atoms with Crippen LogP contribution < -0.4 is 5.32 Å². The first kappa shape index (κ1) is 11.7. The normalized spacial score (nSPS) is 12.1. The fraction of sp³-hybridized carbons (Fsp3) is 0.417. The van der Waals surface area contributed by atoms with Gasteiger partial charge in [0.05, 0.1) is 20.1 Å². The molecule has 1 aromatic rings. The summed E-state index contributed by atoms with van der Waals surface area (Å²) >= 11 is 0. The van der Waals surface area contributed by atoms with Crippen LogP contribution in [-0.2, 0) is 9.53 Å². The van der Waals surface area contributed by atoms with Crippen LogP contribution in [0.3, 0.4) is 0 Å². The SMILES string of the molecule is COC(=O)CC[NH2+][C@H](C)c1ccccc1. The molecule has 1 rings (SSSR count). The van der Waals surface area contributed by atoms with Crippen molar-refractivity contribution >= 4 is 5.97 Å². The molecule has 0 aliphatic carbocycles. The molecule has 0 amide bonds. The van der Waals surface area contributed by atoms with Crippen molar-refractivity contribution in [3.8, 4) is 0 Å². The first-order chi connectivity index (χ1) is 7.24. The van der Waals surface area contributed by atoms with Crippen molar-refractivity contribution < 1.29 is 14.8 Å². The second-order valence-corrected chi connectivity index (χ2v) is 3.55. The van der Waals surface area contributed by atoms with Crippen molar-refractivity contribution in [1.82, 2.24) is 0 Å². The summed E-state index contributed by atoms with van der Waals surface area (Å²) in [5.41, 5.74) is 1.28. The van der Waals surface area contributed by atoms with Crippen LogP contribution in [0.2, 0.25) is 0 Å². The predicted molar refractivity (Wildman–Crippen MR) is 58.3 cm³/mol. The molecule has 1 aromatic carbocycles. The average Bonchev–Trinajstić information content (AvgIpc) is 2.29. The van der Waals surface area contributed by atoms with Crippen LogP contribution in [0.5, 0.6) is 0 Å². The Labute approximate surface area is 90.4 Å². The molecule has 0 bridgehead atoms. The predicted octanol–water partition coefficient (Wildman–Crippen LogP) is 0.874. The molecular formula is C12H18NO2+. The van der Waals surface area contributed by atoms with Crippen molar-refractivity contribution in [3.05, 3.63) is 35.9 Å². The van der Waals surface area contributed by atoms with Crippen molar-refractivity contribution in [3.63, 3.8) is 0 Å². The van der Waals surface area contributed by atoms with Gasteiger partial charge in [0.1, 0.15) is 6.04 Å². The molecule has 82 valence electrons. The molecule has 0 aromatic heterocycles. The summed E-state index contributed by atoms with van der Waals surface area (Å²) in [5, 5.41) is 2.15. The Bertz CT molecular complexity index is 298. The summed E-state index contributed by atoms with van der Waals surface area (Å²) in [6.07, 6.45) is 0.466. The van der Waals surface area contributed by atoms with E-state index < -0.39 is 0 Å². The summed E-state index contributed by atoms with van der Waals surface area (Å²) in [6.45, 7) is 2.90. The number of ether oxygens (including phenoxy) is 1. The molecule has 0 radical (unpaired) electrons. The van der Waals surface area contributed by atoms with E-state index in [4.69, 9.17) is 0 Å². The van der Waals surface area contributed by atoms with Crippen LogP contribution >= 0.6 is 0 Å². The zero-order chi connectivity index (χ0) is 11.1. The first-order valence-corrected chi connectivity index (χ1v) is 5.19. The zero-order valence-corrected chi connectivity index (χ0v) is 9.27. The molecule has 3 heteroatoms. The Hall–Kier alpha value is -1.35. The number of quaternary nitrogens is 1. The van der Waals surface area contributed by atoms with E-state index in [9.17, 15) is 4.79 Å². The third-order valence-electron chi connectivity index (χ3n) is 2.42. The number of carbonyl (C=O) groups is 1. The second-order valence-electron chi connectivity index (χ2n) is 3.55. The van der Waals surface area contributed by atoms with E-state index in [0.717, 1.165) is 6.54 Å². The number of esters is 1. The molecule has 0 fully saturated rings. The number of rotatable bonds is 5. The Morgan fingerprint density at radius 2 is 2.07 bits per heavy atom. The minimum absolute atomic E-state index is 0.147. The highest BCUT2D eigenvalue weighted by Gasteiger charge is 2.08. The van der Waals surface area contributed by atoms with E-state index in [1.165, 1.54) is 12.7 Å². The van der Waals surface area contributed by atoms with Crippen LogP contribution in [0, 0.1) is 0 Å². The van der Waals surface area contributed by atoms with Crippen LogP contribution in [0.15, 0.2) is 30.3 Å². The van der Waals surface area contributed by atoms with Gasteiger partial charge in [0.2, 0.25) is 0 Å². The van der Waals surface area contributed by atoms with Crippen LogP contribution in [-0.4, -0.2) is 19.6 Å². The highest BCUT2D eigenvalue weighted by Crippen LogP contribution is 2.05. The number of methoxy groups -OCH3 is 1. The number of benzene rings is 1. The maximum Gasteiger partial charge on any atom is 0.311 e. The van der Waals surface area contributed by atoms with Gasteiger partial charge in [-0.05, 0) is 6.92 Å². The quantitative estimate of drug-likeness (QED) is 0.730. The van der Waals surface area contributed by atoms with Gasteiger partial charge in [-0.2, -0.15) is 0 Å². The fourth-order valence-corrected chi connectivity index (χ4v) is 1.45. The Morgan fingerprint density at radius 1 is 1.40 bits per heavy atom. The molecule has 0 saturated carbocycles. The van der Waals surface area contributed by atoms with Gasteiger partial charge in [-0.3, -0.25) is 4.79 Å². The van der Waals surface area contributed by atoms with Crippen molar-refractivity contribution in [1.29, 1.82) is 0 Å². The molecule has 1 atom stereocenters. The Morgan fingerprint density at radius 3 is 2.67 bits per heavy atom. The lowest BCUT2D eigenvalue weighted by Crippen LogP contribution is -2.84. The molecule has 0 heterocycles. The molecule has 0 aliphatic rings. The topological polar surface area (TPSA) is 42.9 Å². The largest absolute Gasteiger partial charge is 0.469 e. The van der Waals surface area contributed by atoms with Gasteiger partial charge >= 0.3 is 5.97 Å². The zero-order valence-electron chi connectivity index (χ0n) is 9.27. The van der Waals surface area contributed by atoms with E-state index in [-0.39, 0.29) is 5.97 Å². The summed E-state index contributed by atoms with van der Waals surface area (Å²) < 4.78 is 4.58. The van der Waals surface area contributed by atoms with Gasteiger partial charge in [0.25, 0.3) is 0 Å². The molecular weight excluding hydrogens is 190 g/mol. The monoisotopic (exact) mass is 208 g/mol. The minimum Gasteiger partial charge on any atom is -0.469 e. The van der Waals surface area contributed by atoms with Gasteiger partial charge in [-0.25, -0.2) is 0 Å². The maximum atomic E-state index is 10.9. The lowest BCUT2D eigenvalue weighted by molar-refractivity contribution is -0.691. The van der Waals surface area contributed by atoms with Crippen molar-refractivity contribution in [2.75, 3.05) is 13.7 Å². The van der Waals surface area contributed by atoms with E-state index in [0.29, 0.717) is 12.5 Å². The van der Waals surface area contributed by atoms with E-state index >= 15 is 0 Å². The molecule has 15 heavy (non-hydrogen) atoms. The Kier molecular flexibility index (Phi) is 4.84. The number of carbonyl (C=O) groups excluding carboxylic acids is 1. The molecule has 2 N–H and O–H groups in total. The maximum absolute atomic E-state index is 10.9. The average molecular weight is 208 g/mol. The lowest BCUT2D eigenvalue weighted by Gasteiger charge is -2.10. The minimum atomic E-state index is -0.147. The molecule has 0 unspecified atom stereocenters. The third kappa shape index (κ3) is 4.13. The van der Waals surface area contributed by atoms with Gasteiger partial charge in [-0.15, -0.1) is 0 Å². The van der Waals surface area contributed by atoms with E-state index in [1.54, 1.807) is 0 Å². The highest BCUT2D eigenvalue weighted by atomic mass is 16.5. The number of nitrogens with two attached hydrogens (primary N) is 1. The molecule has 0 spiro atoms. The summed E-state index contributed by atoms with van der Waals surface area (Å²) in [5.74, 6) is -0.147. The molecule has 3 nitrogen and oxygen atoms in total. The van der Waals surface area contributed by atoms with Crippen LogP contribution in [0.1, 0.15) is 24.9 Å². The number of hydrogen-bond acceptors (Lipinski definition) is 2. The van der Waals surface area contributed by atoms with Gasteiger partial charge in [-0.1, -0.05) is 30.3 Å². The summed E-state index contributed by atoms with van der Waals surface area (Å²) in [6, 6.07) is 10.6. The van der Waals surface area contributed by atoms with Crippen LogP contribution in [0.25, 0.3) is 0 Å². The van der Waals surface area contributed by atoms with Gasteiger partial charge in [0, 0.05) is 5.56 Å². The van der Waals surface area contributed by atoms with E-state index in [1.807, 2.05) is 18.2 Å². The fourth-order valence-electron chi connectivity index (χ4n) is 1.45. The second kappa shape index (κ2) is 6.19. The van der Waals surface area contributed by atoms with Crippen molar-refractivity contribution in [2.24, 2.45) is 0 Å². The van der Waals surface area contributed by atoms with Crippen LogP contribution in [0.4, 0.5) is 0 Å².